The first kappa shape index (κ1) is 18.1. The SMILES string of the molecule is COc1ccc(CC(=O)N2CCN(C(=O)C3CCCC3)CC2)c(Cl)c1. The Balaban J connectivity index is 1.52. The monoisotopic (exact) mass is 364 g/mol. The molecule has 0 aromatic heterocycles. The molecule has 136 valence electrons. The van der Waals surface area contributed by atoms with E-state index in [9.17, 15) is 9.59 Å². The second-order valence-electron chi connectivity index (χ2n) is 6.82. The van der Waals surface area contributed by atoms with E-state index in [2.05, 4.69) is 0 Å². The minimum atomic E-state index is 0.0556. The van der Waals surface area contributed by atoms with Crippen molar-refractivity contribution >= 4 is 23.4 Å². The van der Waals surface area contributed by atoms with Crippen molar-refractivity contribution in [2.75, 3.05) is 33.3 Å². The maximum absolute atomic E-state index is 12.5. The van der Waals surface area contributed by atoms with Crippen molar-refractivity contribution in [3.05, 3.63) is 28.8 Å². The standard InChI is InChI=1S/C19H25ClN2O3/c1-25-16-7-6-15(17(20)13-16)12-18(23)21-8-10-22(11-9-21)19(24)14-4-2-3-5-14/h6-7,13-14H,2-5,8-12H2,1H3. The average molecular weight is 365 g/mol. The molecule has 0 spiro atoms. The third kappa shape index (κ3) is 4.27. The highest BCUT2D eigenvalue weighted by Crippen LogP contribution is 2.27. The van der Waals surface area contributed by atoms with Gasteiger partial charge < -0.3 is 14.5 Å². The van der Waals surface area contributed by atoms with Crippen LogP contribution in [0.5, 0.6) is 5.75 Å². The van der Waals surface area contributed by atoms with Crippen LogP contribution in [0.4, 0.5) is 0 Å². The lowest BCUT2D eigenvalue weighted by Crippen LogP contribution is -2.52. The lowest BCUT2D eigenvalue weighted by molar-refractivity contribution is -0.141. The molecule has 1 aliphatic carbocycles. The van der Waals surface area contributed by atoms with Gasteiger partial charge in [0.1, 0.15) is 5.75 Å². The van der Waals surface area contributed by atoms with Crippen molar-refractivity contribution in [2.45, 2.75) is 32.1 Å². The van der Waals surface area contributed by atoms with Crippen molar-refractivity contribution in [3.8, 4) is 5.75 Å². The Bertz CT molecular complexity index is 636. The molecule has 1 aromatic carbocycles. The number of ether oxygens (including phenoxy) is 1. The van der Waals surface area contributed by atoms with E-state index < -0.39 is 0 Å². The van der Waals surface area contributed by atoms with Crippen LogP contribution >= 0.6 is 11.6 Å². The maximum Gasteiger partial charge on any atom is 0.227 e. The summed E-state index contributed by atoms with van der Waals surface area (Å²) < 4.78 is 5.13. The molecule has 1 saturated carbocycles. The molecule has 6 heteroatoms. The molecular weight excluding hydrogens is 340 g/mol. The van der Waals surface area contributed by atoms with Gasteiger partial charge in [-0.3, -0.25) is 9.59 Å². The Morgan fingerprint density at radius 3 is 2.36 bits per heavy atom. The zero-order chi connectivity index (χ0) is 17.8. The smallest absolute Gasteiger partial charge is 0.227 e. The molecule has 5 nitrogen and oxygen atoms in total. The second-order valence-corrected chi connectivity index (χ2v) is 7.23. The van der Waals surface area contributed by atoms with E-state index in [1.165, 1.54) is 0 Å². The molecule has 0 N–H and O–H groups in total. The number of carbonyl (C=O) groups is 2. The predicted octanol–water partition coefficient (Wildman–Crippen LogP) is 2.75. The van der Waals surface area contributed by atoms with Crippen LogP contribution < -0.4 is 4.74 Å². The molecule has 2 aliphatic rings. The number of nitrogens with zero attached hydrogens (tertiary/aromatic N) is 2. The topological polar surface area (TPSA) is 49.9 Å². The van der Waals surface area contributed by atoms with E-state index in [0.29, 0.717) is 37.0 Å². The number of halogens is 1. The van der Waals surface area contributed by atoms with Crippen LogP contribution in [0.3, 0.4) is 0 Å². The highest BCUT2D eigenvalue weighted by Gasteiger charge is 2.30. The molecule has 0 bridgehead atoms. The minimum absolute atomic E-state index is 0.0556. The molecule has 1 aromatic rings. The first-order valence-electron chi connectivity index (χ1n) is 8.97. The van der Waals surface area contributed by atoms with Crippen LogP contribution in [0.15, 0.2) is 18.2 Å². The number of rotatable bonds is 4. The summed E-state index contributed by atoms with van der Waals surface area (Å²) in [5, 5.41) is 0.544. The van der Waals surface area contributed by atoms with Crippen molar-refractivity contribution in [2.24, 2.45) is 5.92 Å². The molecule has 1 heterocycles. The number of hydrogen-bond donors (Lipinski definition) is 0. The minimum Gasteiger partial charge on any atom is -0.497 e. The van der Waals surface area contributed by atoms with Gasteiger partial charge in [-0.15, -0.1) is 0 Å². The number of benzene rings is 1. The first-order valence-corrected chi connectivity index (χ1v) is 9.35. The van der Waals surface area contributed by atoms with E-state index in [-0.39, 0.29) is 24.2 Å². The Labute approximate surface area is 153 Å². The fraction of sp³-hybridized carbons (Fsp3) is 0.579. The summed E-state index contributed by atoms with van der Waals surface area (Å²) in [5.41, 5.74) is 0.803. The van der Waals surface area contributed by atoms with E-state index in [1.807, 2.05) is 21.9 Å². The molecule has 1 aliphatic heterocycles. The quantitative estimate of drug-likeness (QED) is 0.825. The fourth-order valence-electron chi connectivity index (χ4n) is 3.68. The lowest BCUT2D eigenvalue weighted by atomic mass is 10.1. The summed E-state index contributed by atoms with van der Waals surface area (Å²) in [5.74, 6) is 1.23. The summed E-state index contributed by atoms with van der Waals surface area (Å²) in [6.45, 7) is 2.48. The molecule has 0 atom stereocenters. The van der Waals surface area contributed by atoms with Gasteiger partial charge in [0, 0.05) is 37.1 Å². The summed E-state index contributed by atoms with van der Waals surface area (Å²) >= 11 is 6.22. The third-order valence-electron chi connectivity index (χ3n) is 5.25. The van der Waals surface area contributed by atoms with E-state index in [0.717, 1.165) is 31.2 Å². The predicted molar refractivity (Wildman–Crippen MR) is 96.8 cm³/mol. The van der Waals surface area contributed by atoms with E-state index in [4.69, 9.17) is 16.3 Å². The highest BCUT2D eigenvalue weighted by molar-refractivity contribution is 6.31. The number of amides is 2. The molecule has 2 amide bonds. The Kier molecular flexibility index (Phi) is 5.84. The molecule has 25 heavy (non-hydrogen) atoms. The van der Waals surface area contributed by atoms with Crippen LogP contribution in [-0.2, 0) is 16.0 Å². The number of carbonyl (C=O) groups excluding carboxylic acids is 2. The van der Waals surface area contributed by atoms with Crippen molar-refractivity contribution < 1.29 is 14.3 Å². The van der Waals surface area contributed by atoms with E-state index in [1.54, 1.807) is 13.2 Å². The van der Waals surface area contributed by atoms with Gasteiger partial charge in [-0.05, 0) is 30.5 Å². The van der Waals surface area contributed by atoms with Gasteiger partial charge in [0.15, 0.2) is 0 Å². The largest absolute Gasteiger partial charge is 0.497 e. The van der Waals surface area contributed by atoms with Gasteiger partial charge in [-0.1, -0.05) is 30.5 Å². The van der Waals surface area contributed by atoms with Crippen LogP contribution in [0.25, 0.3) is 0 Å². The highest BCUT2D eigenvalue weighted by atomic mass is 35.5. The summed E-state index contributed by atoms with van der Waals surface area (Å²) in [6.07, 6.45) is 4.65. The lowest BCUT2D eigenvalue weighted by Gasteiger charge is -2.36. The Morgan fingerprint density at radius 1 is 1.12 bits per heavy atom. The Morgan fingerprint density at radius 2 is 1.76 bits per heavy atom. The summed E-state index contributed by atoms with van der Waals surface area (Å²) in [7, 11) is 1.59. The number of piperazine rings is 1. The summed E-state index contributed by atoms with van der Waals surface area (Å²) in [6, 6.07) is 5.37. The average Bonchev–Trinajstić information content (AvgIpc) is 3.17. The van der Waals surface area contributed by atoms with E-state index >= 15 is 0 Å². The van der Waals surface area contributed by atoms with Gasteiger partial charge >= 0.3 is 0 Å². The number of methoxy groups -OCH3 is 1. The number of hydrogen-bond acceptors (Lipinski definition) is 3. The van der Waals surface area contributed by atoms with Gasteiger partial charge in [0.2, 0.25) is 11.8 Å². The van der Waals surface area contributed by atoms with Gasteiger partial charge in [-0.2, -0.15) is 0 Å². The van der Waals surface area contributed by atoms with Crippen LogP contribution in [-0.4, -0.2) is 54.9 Å². The third-order valence-corrected chi connectivity index (χ3v) is 5.60. The normalized spacial score (nSPS) is 18.5. The van der Waals surface area contributed by atoms with Gasteiger partial charge in [-0.25, -0.2) is 0 Å². The van der Waals surface area contributed by atoms with Crippen LogP contribution in [0.2, 0.25) is 5.02 Å². The molecule has 0 unspecified atom stereocenters. The van der Waals surface area contributed by atoms with Crippen LogP contribution in [0.1, 0.15) is 31.2 Å². The van der Waals surface area contributed by atoms with Gasteiger partial charge in [0.05, 0.1) is 13.5 Å². The van der Waals surface area contributed by atoms with Crippen molar-refractivity contribution in [1.29, 1.82) is 0 Å². The molecular formula is C19H25ClN2O3. The fourth-order valence-corrected chi connectivity index (χ4v) is 3.92. The molecule has 3 rings (SSSR count). The van der Waals surface area contributed by atoms with Crippen molar-refractivity contribution in [1.82, 2.24) is 9.80 Å². The van der Waals surface area contributed by atoms with Gasteiger partial charge in [0.25, 0.3) is 0 Å². The Hall–Kier alpha value is -1.75. The second kappa shape index (κ2) is 8.09. The first-order chi connectivity index (χ1) is 12.1. The zero-order valence-electron chi connectivity index (χ0n) is 14.7. The zero-order valence-corrected chi connectivity index (χ0v) is 15.4. The molecule has 0 radical (unpaired) electrons. The molecule has 2 fully saturated rings. The van der Waals surface area contributed by atoms with Crippen molar-refractivity contribution in [3.63, 3.8) is 0 Å². The maximum atomic E-state index is 12.5. The van der Waals surface area contributed by atoms with Crippen LogP contribution in [0, 0.1) is 5.92 Å². The summed E-state index contributed by atoms with van der Waals surface area (Å²) in [4.78, 5) is 28.8. The molecule has 1 saturated heterocycles.